The molecule has 0 aromatic rings. The van der Waals surface area contributed by atoms with Gasteiger partial charge in [-0.2, -0.15) is 5.26 Å². The molecular formula is C16H23N. The smallest absolute Gasteiger partial charge is 0.0700 e. The van der Waals surface area contributed by atoms with E-state index in [1.54, 1.807) is 5.57 Å². The van der Waals surface area contributed by atoms with Gasteiger partial charge in [0, 0.05) is 0 Å². The van der Waals surface area contributed by atoms with Gasteiger partial charge >= 0.3 is 0 Å². The third-order valence-corrected chi connectivity index (χ3v) is 6.27. The van der Waals surface area contributed by atoms with Crippen LogP contribution in [-0.2, 0) is 0 Å². The van der Waals surface area contributed by atoms with Crippen molar-refractivity contribution in [3.63, 3.8) is 0 Å². The van der Waals surface area contributed by atoms with Gasteiger partial charge in [0.1, 0.15) is 0 Å². The van der Waals surface area contributed by atoms with Crippen molar-refractivity contribution >= 4 is 0 Å². The zero-order valence-electron chi connectivity index (χ0n) is 11.5. The van der Waals surface area contributed by atoms with E-state index in [2.05, 4.69) is 39.8 Å². The van der Waals surface area contributed by atoms with E-state index >= 15 is 0 Å². The Labute approximate surface area is 105 Å². The van der Waals surface area contributed by atoms with Crippen LogP contribution in [0.1, 0.15) is 47.0 Å². The lowest BCUT2D eigenvalue weighted by Gasteiger charge is -2.46. The minimum atomic E-state index is 0.184. The SMILES string of the molecule is CC1CCCC2=CC(C#N)C3C(C3(C)C)C21C. The lowest BCUT2D eigenvalue weighted by molar-refractivity contribution is 0.136. The highest BCUT2D eigenvalue weighted by Crippen LogP contribution is 2.75. The Balaban J connectivity index is 2.09. The van der Waals surface area contributed by atoms with E-state index in [1.165, 1.54) is 19.3 Å². The fraction of sp³-hybridized carbons (Fsp3) is 0.812. The van der Waals surface area contributed by atoms with Crippen LogP contribution in [0.4, 0.5) is 0 Å². The molecule has 0 heterocycles. The summed E-state index contributed by atoms with van der Waals surface area (Å²) in [5.41, 5.74) is 2.37. The maximum Gasteiger partial charge on any atom is 0.0700 e. The van der Waals surface area contributed by atoms with Crippen molar-refractivity contribution in [2.45, 2.75) is 47.0 Å². The second-order valence-electron chi connectivity index (χ2n) is 7.25. The Morgan fingerprint density at radius 1 is 1.35 bits per heavy atom. The van der Waals surface area contributed by atoms with Crippen LogP contribution in [0.3, 0.4) is 0 Å². The lowest BCUT2D eigenvalue weighted by Crippen LogP contribution is -2.37. The first-order chi connectivity index (χ1) is 7.94. The fourth-order valence-electron chi connectivity index (χ4n) is 5.18. The molecule has 17 heavy (non-hydrogen) atoms. The molecule has 2 fully saturated rings. The monoisotopic (exact) mass is 229 g/mol. The number of fused-ring (bicyclic) bond motifs is 3. The molecular weight excluding hydrogens is 206 g/mol. The molecule has 2 saturated carbocycles. The van der Waals surface area contributed by atoms with Crippen LogP contribution in [0.15, 0.2) is 11.6 Å². The summed E-state index contributed by atoms with van der Waals surface area (Å²) < 4.78 is 0. The van der Waals surface area contributed by atoms with Gasteiger partial charge in [-0.1, -0.05) is 39.3 Å². The Kier molecular flexibility index (Phi) is 2.11. The summed E-state index contributed by atoms with van der Waals surface area (Å²) in [5, 5.41) is 9.37. The molecule has 3 aliphatic rings. The van der Waals surface area contributed by atoms with Crippen molar-refractivity contribution in [2.75, 3.05) is 0 Å². The quantitative estimate of drug-likeness (QED) is 0.572. The number of nitriles is 1. The molecule has 3 rings (SSSR count). The topological polar surface area (TPSA) is 23.8 Å². The van der Waals surface area contributed by atoms with Crippen LogP contribution < -0.4 is 0 Å². The molecule has 0 N–H and O–H groups in total. The average molecular weight is 229 g/mol. The van der Waals surface area contributed by atoms with Gasteiger partial charge in [-0.25, -0.2) is 0 Å². The van der Waals surface area contributed by atoms with Gasteiger partial charge in [-0.3, -0.25) is 0 Å². The number of allylic oxidation sites excluding steroid dienone is 2. The van der Waals surface area contributed by atoms with Crippen molar-refractivity contribution in [2.24, 2.45) is 34.5 Å². The largest absolute Gasteiger partial charge is 0.198 e. The summed E-state index contributed by atoms with van der Waals surface area (Å²) in [4.78, 5) is 0. The Hall–Kier alpha value is -0.770. The molecule has 0 saturated heterocycles. The van der Waals surface area contributed by atoms with Crippen LogP contribution in [0.25, 0.3) is 0 Å². The molecule has 0 spiro atoms. The summed E-state index contributed by atoms with van der Waals surface area (Å²) >= 11 is 0. The highest BCUT2D eigenvalue weighted by atomic mass is 14.7. The summed E-state index contributed by atoms with van der Waals surface area (Å²) in [6.45, 7) is 9.64. The van der Waals surface area contributed by atoms with Gasteiger partial charge in [-0.15, -0.1) is 0 Å². The summed E-state index contributed by atoms with van der Waals surface area (Å²) in [7, 11) is 0. The van der Waals surface area contributed by atoms with Crippen molar-refractivity contribution < 1.29 is 0 Å². The van der Waals surface area contributed by atoms with Gasteiger partial charge in [-0.05, 0) is 47.8 Å². The second-order valence-corrected chi connectivity index (χ2v) is 7.25. The molecule has 1 heteroatoms. The summed E-state index contributed by atoms with van der Waals surface area (Å²) in [5.74, 6) is 2.33. The van der Waals surface area contributed by atoms with Crippen LogP contribution in [0.2, 0.25) is 0 Å². The minimum absolute atomic E-state index is 0.184. The third kappa shape index (κ3) is 1.20. The first kappa shape index (κ1) is 11.3. The maximum absolute atomic E-state index is 9.37. The highest BCUT2D eigenvalue weighted by Gasteiger charge is 2.70. The lowest BCUT2D eigenvalue weighted by atomic mass is 9.58. The number of nitrogens with zero attached hydrogens (tertiary/aromatic N) is 1. The highest BCUT2D eigenvalue weighted by molar-refractivity contribution is 5.36. The minimum Gasteiger partial charge on any atom is -0.198 e. The predicted molar refractivity (Wildman–Crippen MR) is 69.1 cm³/mol. The van der Waals surface area contributed by atoms with Gasteiger partial charge in [0.2, 0.25) is 0 Å². The number of hydrogen-bond donors (Lipinski definition) is 0. The molecule has 0 aromatic heterocycles. The van der Waals surface area contributed by atoms with Crippen molar-refractivity contribution in [1.29, 1.82) is 5.26 Å². The van der Waals surface area contributed by atoms with Crippen LogP contribution >= 0.6 is 0 Å². The molecule has 0 aromatic carbocycles. The molecule has 0 radical (unpaired) electrons. The predicted octanol–water partition coefficient (Wildman–Crippen LogP) is 4.16. The number of hydrogen-bond acceptors (Lipinski definition) is 1. The molecule has 3 aliphatic carbocycles. The first-order valence-corrected chi connectivity index (χ1v) is 7.04. The molecule has 92 valence electrons. The second kappa shape index (κ2) is 3.16. The van der Waals surface area contributed by atoms with Crippen molar-refractivity contribution in [3.8, 4) is 6.07 Å². The van der Waals surface area contributed by atoms with E-state index in [1.807, 2.05) is 0 Å². The third-order valence-electron chi connectivity index (χ3n) is 6.27. The van der Waals surface area contributed by atoms with Crippen molar-refractivity contribution in [3.05, 3.63) is 11.6 Å². The van der Waals surface area contributed by atoms with Gasteiger partial charge in [0.05, 0.1) is 12.0 Å². The molecule has 5 atom stereocenters. The maximum atomic E-state index is 9.37. The van der Waals surface area contributed by atoms with E-state index in [4.69, 9.17) is 0 Å². The number of rotatable bonds is 0. The van der Waals surface area contributed by atoms with Crippen molar-refractivity contribution in [1.82, 2.24) is 0 Å². The Morgan fingerprint density at radius 2 is 2.06 bits per heavy atom. The molecule has 1 nitrogen and oxygen atoms in total. The standard InChI is InChI=1S/C16H23N/c1-10-6-5-7-12-8-11(9-17)13-14(15(13,2)3)16(10,12)4/h8,10-11,13-14H,5-7H2,1-4H3. The van der Waals surface area contributed by atoms with Crippen LogP contribution in [-0.4, -0.2) is 0 Å². The van der Waals surface area contributed by atoms with E-state index in [-0.39, 0.29) is 5.92 Å². The molecule has 5 unspecified atom stereocenters. The normalized spacial score (nSPS) is 50.6. The summed E-state index contributed by atoms with van der Waals surface area (Å²) in [6, 6.07) is 2.54. The molecule has 0 aliphatic heterocycles. The Bertz CT molecular complexity index is 425. The zero-order valence-corrected chi connectivity index (χ0v) is 11.5. The first-order valence-electron chi connectivity index (χ1n) is 7.04. The zero-order chi connectivity index (χ0) is 12.4. The van der Waals surface area contributed by atoms with E-state index in [0.717, 1.165) is 11.8 Å². The van der Waals surface area contributed by atoms with E-state index in [9.17, 15) is 5.26 Å². The van der Waals surface area contributed by atoms with Gasteiger partial charge in [0.25, 0.3) is 0 Å². The molecule has 0 bridgehead atoms. The van der Waals surface area contributed by atoms with E-state index < -0.39 is 0 Å². The average Bonchev–Trinajstić information content (AvgIpc) is 2.85. The summed E-state index contributed by atoms with van der Waals surface area (Å²) in [6.07, 6.45) is 6.26. The van der Waals surface area contributed by atoms with Crippen LogP contribution in [0.5, 0.6) is 0 Å². The van der Waals surface area contributed by atoms with Crippen LogP contribution in [0, 0.1) is 45.8 Å². The fourth-order valence-corrected chi connectivity index (χ4v) is 5.18. The van der Waals surface area contributed by atoms with Gasteiger partial charge < -0.3 is 0 Å². The molecule has 0 amide bonds. The van der Waals surface area contributed by atoms with Gasteiger partial charge in [0.15, 0.2) is 0 Å². The Morgan fingerprint density at radius 3 is 2.71 bits per heavy atom. The van der Waals surface area contributed by atoms with E-state index in [0.29, 0.717) is 16.7 Å².